The summed E-state index contributed by atoms with van der Waals surface area (Å²) < 4.78 is 0. The van der Waals surface area contributed by atoms with Crippen LogP contribution in [0.4, 0.5) is 0 Å². The second kappa shape index (κ2) is 4.26. The van der Waals surface area contributed by atoms with Crippen LogP contribution in [0.25, 0.3) is 0 Å². The van der Waals surface area contributed by atoms with Crippen LogP contribution in [0, 0.1) is 11.3 Å². The Morgan fingerprint density at radius 1 is 1.43 bits per heavy atom. The molecule has 2 heteroatoms. The molecule has 0 atom stereocenters. The zero-order valence-corrected chi connectivity index (χ0v) is 8.75. The lowest BCUT2D eigenvalue weighted by atomic mass is 9.81. The highest BCUT2D eigenvalue weighted by Gasteiger charge is 2.19. The van der Waals surface area contributed by atoms with Crippen LogP contribution in [0.15, 0.2) is 24.3 Å². The highest BCUT2D eigenvalue weighted by atomic mass is 14.5. The smallest absolute Gasteiger partial charge is 0.0991 e. The van der Waals surface area contributed by atoms with Crippen LogP contribution >= 0.6 is 0 Å². The highest BCUT2D eigenvalue weighted by Crippen LogP contribution is 2.26. The monoisotopic (exact) mass is 188 g/mol. The molecule has 0 bridgehead atoms. The van der Waals surface area contributed by atoms with Gasteiger partial charge in [0.15, 0.2) is 0 Å². The molecular formula is C12H16N2. The maximum absolute atomic E-state index is 8.78. The SMILES string of the molecule is CC(C)(CCN)c1cccc(C#N)c1. The molecule has 0 heterocycles. The first kappa shape index (κ1) is 10.7. The second-order valence-corrected chi connectivity index (χ2v) is 4.12. The zero-order valence-electron chi connectivity index (χ0n) is 8.75. The van der Waals surface area contributed by atoms with Gasteiger partial charge in [-0.3, -0.25) is 0 Å². The van der Waals surface area contributed by atoms with Gasteiger partial charge >= 0.3 is 0 Å². The molecule has 14 heavy (non-hydrogen) atoms. The molecular weight excluding hydrogens is 172 g/mol. The third-order valence-electron chi connectivity index (χ3n) is 2.54. The summed E-state index contributed by atoms with van der Waals surface area (Å²) in [4.78, 5) is 0. The first-order chi connectivity index (χ1) is 6.60. The fourth-order valence-corrected chi connectivity index (χ4v) is 1.51. The van der Waals surface area contributed by atoms with Gasteiger partial charge in [0.1, 0.15) is 0 Å². The van der Waals surface area contributed by atoms with Gasteiger partial charge in [0.25, 0.3) is 0 Å². The molecule has 1 rings (SSSR count). The molecule has 0 aliphatic heterocycles. The largest absolute Gasteiger partial charge is 0.330 e. The van der Waals surface area contributed by atoms with Crippen molar-refractivity contribution >= 4 is 0 Å². The predicted molar refractivity (Wildman–Crippen MR) is 57.9 cm³/mol. The minimum Gasteiger partial charge on any atom is -0.330 e. The van der Waals surface area contributed by atoms with E-state index in [1.807, 2.05) is 18.2 Å². The molecule has 74 valence electrons. The number of nitrogens with two attached hydrogens (primary N) is 1. The number of benzene rings is 1. The van der Waals surface area contributed by atoms with E-state index in [2.05, 4.69) is 26.0 Å². The van der Waals surface area contributed by atoms with E-state index >= 15 is 0 Å². The van der Waals surface area contributed by atoms with Gasteiger partial charge in [-0.1, -0.05) is 26.0 Å². The maximum atomic E-state index is 8.78. The van der Waals surface area contributed by atoms with E-state index < -0.39 is 0 Å². The van der Waals surface area contributed by atoms with Crippen LogP contribution in [-0.4, -0.2) is 6.54 Å². The molecule has 0 aliphatic rings. The van der Waals surface area contributed by atoms with Gasteiger partial charge in [-0.15, -0.1) is 0 Å². The summed E-state index contributed by atoms with van der Waals surface area (Å²) in [5, 5.41) is 8.78. The quantitative estimate of drug-likeness (QED) is 0.790. The van der Waals surface area contributed by atoms with Crippen molar-refractivity contribution in [1.29, 1.82) is 5.26 Å². The molecule has 0 aliphatic carbocycles. The molecule has 0 saturated carbocycles. The average molecular weight is 188 g/mol. The third-order valence-corrected chi connectivity index (χ3v) is 2.54. The van der Waals surface area contributed by atoms with Gasteiger partial charge in [0.05, 0.1) is 11.6 Å². The van der Waals surface area contributed by atoms with Crippen LogP contribution < -0.4 is 5.73 Å². The summed E-state index contributed by atoms with van der Waals surface area (Å²) in [7, 11) is 0. The van der Waals surface area contributed by atoms with E-state index in [0.29, 0.717) is 12.1 Å². The fourth-order valence-electron chi connectivity index (χ4n) is 1.51. The molecule has 0 unspecified atom stereocenters. The van der Waals surface area contributed by atoms with Crippen LogP contribution in [0.1, 0.15) is 31.4 Å². The molecule has 0 radical (unpaired) electrons. The first-order valence-electron chi connectivity index (χ1n) is 4.81. The summed E-state index contributed by atoms with van der Waals surface area (Å²) in [6.07, 6.45) is 0.932. The Balaban J connectivity index is 3.01. The van der Waals surface area contributed by atoms with Crippen molar-refractivity contribution in [3.63, 3.8) is 0 Å². The van der Waals surface area contributed by atoms with Crippen LogP contribution in [0.2, 0.25) is 0 Å². The Labute approximate surface area is 85.4 Å². The zero-order chi connectivity index (χ0) is 10.6. The predicted octanol–water partition coefficient (Wildman–Crippen LogP) is 2.18. The van der Waals surface area contributed by atoms with E-state index in [0.717, 1.165) is 6.42 Å². The molecule has 2 N–H and O–H groups in total. The lowest BCUT2D eigenvalue weighted by Gasteiger charge is -2.24. The van der Waals surface area contributed by atoms with Crippen LogP contribution in [0.3, 0.4) is 0 Å². The van der Waals surface area contributed by atoms with E-state index in [1.54, 1.807) is 0 Å². The number of hydrogen-bond donors (Lipinski definition) is 1. The van der Waals surface area contributed by atoms with Gasteiger partial charge < -0.3 is 5.73 Å². The van der Waals surface area contributed by atoms with Crippen molar-refractivity contribution in [2.24, 2.45) is 5.73 Å². The summed E-state index contributed by atoms with van der Waals surface area (Å²) in [5.74, 6) is 0. The summed E-state index contributed by atoms with van der Waals surface area (Å²) in [6.45, 7) is 4.97. The Kier molecular flexibility index (Phi) is 3.27. The number of nitriles is 1. The van der Waals surface area contributed by atoms with Gasteiger partial charge in [-0.05, 0) is 36.1 Å². The van der Waals surface area contributed by atoms with E-state index in [9.17, 15) is 0 Å². The van der Waals surface area contributed by atoms with Gasteiger partial charge in [-0.2, -0.15) is 5.26 Å². The minimum absolute atomic E-state index is 0.0572. The Bertz CT molecular complexity index is 348. The molecule has 1 aromatic rings. The normalized spacial score (nSPS) is 11.0. The van der Waals surface area contributed by atoms with E-state index in [-0.39, 0.29) is 5.41 Å². The summed E-state index contributed by atoms with van der Waals surface area (Å²) in [6, 6.07) is 9.89. The number of nitrogens with zero attached hydrogens (tertiary/aromatic N) is 1. The molecule has 0 fully saturated rings. The molecule has 0 aromatic heterocycles. The van der Waals surface area contributed by atoms with Crippen molar-refractivity contribution in [3.8, 4) is 6.07 Å². The molecule has 0 amide bonds. The average Bonchev–Trinajstić information content (AvgIpc) is 2.18. The van der Waals surface area contributed by atoms with E-state index in [4.69, 9.17) is 11.0 Å². The lowest BCUT2D eigenvalue weighted by molar-refractivity contribution is 0.487. The van der Waals surface area contributed by atoms with Crippen molar-refractivity contribution in [3.05, 3.63) is 35.4 Å². The van der Waals surface area contributed by atoms with Crippen molar-refractivity contribution in [1.82, 2.24) is 0 Å². The van der Waals surface area contributed by atoms with Crippen LogP contribution in [0.5, 0.6) is 0 Å². The van der Waals surface area contributed by atoms with Gasteiger partial charge in [0, 0.05) is 0 Å². The molecule has 1 aromatic carbocycles. The van der Waals surface area contributed by atoms with Crippen molar-refractivity contribution in [2.45, 2.75) is 25.7 Å². The Hall–Kier alpha value is -1.33. The highest BCUT2D eigenvalue weighted by molar-refractivity contribution is 5.36. The number of hydrogen-bond acceptors (Lipinski definition) is 2. The minimum atomic E-state index is 0.0572. The molecule has 2 nitrogen and oxygen atoms in total. The van der Waals surface area contributed by atoms with Crippen molar-refractivity contribution in [2.75, 3.05) is 6.54 Å². The Morgan fingerprint density at radius 3 is 2.71 bits per heavy atom. The van der Waals surface area contributed by atoms with E-state index in [1.165, 1.54) is 5.56 Å². The topological polar surface area (TPSA) is 49.8 Å². The van der Waals surface area contributed by atoms with Crippen LogP contribution in [-0.2, 0) is 5.41 Å². The van der Waals surface area contributed by atoms with Gasteiger partial charge in [-0.25, -0.2) is 0 Å². The maximum Gasteiger partial charge on any atom is 0.0991 e. The fraction of sp³-hybridized carbons (Fsp3) is 0.417. The summed E-state index contributed by atoms with van der Waals surface area (Å²) in [5.41, 5.74) is 7.51. The summed E-state index contributed by atoms with van der Waals surface area (Å²) >= 11 is 0. The standard InChI is InChI=1S/C12H16N2/c1-12(2,6-7-13)11-5-3-4-10(8-11)9-14/h3-5,8H,6-7,13H2,1-2H3. The van der Waals surface area contributed by atoms with Crippen molar-refractivity contribution < 1.29 is 0 Å². The second-order valence-electron chi connectivity index (χ2n) is 4.12. The first-order valence-corrected chi connectivity index (χ1v) is 4.81. The molecule has 0 spiro atoms. The molecule has 0 saturated heterocycles. The number of rotatable bonds is 3. The lowest BCUT2D eigenvalue weighted by Crippen LogP contribution is -2.21. The Morgan fingerprint density at radius 2 is 2.14 bits per heavy atom. The van der Waals surface area contributed by atoms with Gasteiger partial charge in [0.2, 0.25) is 0 Å². The third kappa shape index (κ3) is 2.34.